The number of hydrogen-bond donors (Lipinski definition) is 1. The summed E-state index contributed by atoms with van der Waals surface area (Å²) in [5.41, 5.74) is 1.57. The Bertz CT molecular complexity index is 658. The molecule has 0 aliphatic heterocycles. The van der Waals surface area contributed by atoms with Crippen LogP contribution in [0.15, 0.2) is 35.2 Å². The van der Waals surface area contributed by atoms with E-state index in [1.807, 2.05) is 6.92 Å². The molecule has 102 valence electrons. The molecule has 2 rings (SSSR count). The number of rotatable bonds is 4. The Hall–Kier alpha value is -1.73. The van der Waals surface area contributed by atoms with E-state index in [2.05, 4.69) is 9.82 Å². The van der Waals surface area contributed by atoms with Gasteiger partial charge in [0, 0.05) is 12.7 Å². The number of sulfonamides is 1. The quantitative estimate of drug-likeness (QED) is 0.921. The SMILES string of the molecule is Cc1cc(CNS(=O)(=O)c2ccc(F)cc2)nn1C. The smallest absolute Gasteiger partial charge is 0.240 e. The molecule has 0 atom stereocenters. The van der Waals surface area contributed by atoms with Crippen molar-refractivity contribution < 1.29 is 12.8 Å². The van der Waals surface area contributed by atoms with Gasteiger partial charge >= 0.3 is 0 Å². The molecule has 5 nitrogen and oxygen atoms in total. The van der Waals surface area contributed by atoms with Gasteiger partial charge in [0.1, 0.15) is 5.82 Å². The van der Waals surface area contributed by atoms with Crippen molar-refractivity contribution >= 4 is 10.0 Å². The molecule has 7 heteroatoms. The molecule has 0 bridgehead atoms. The van der Waals surface area contributed by atoms with E-state index in [0.717, 1.165) is 17.8 Å². The minimum atomic E-state index is -3.64. The molecule has 19 heavy (non-hydrogen) atoms. The third-order valence-electron chi connectivity index (χ3n) is 2.73. The second-order valence-electron chi connectivity index (χ2n) is 4.18. The Balaban J connectivity index is 2.11. The normalized spacial score (nSPS) is 11.7. The molecule has 0 spiro atoms. The first kappa shape index (κ1) is 13.7. The van der Waals surface area contributed by atoms with Crippen LogP contribution >= 0.6 is 0 Å². The van der Waals surface area contributed by atoms with Crippen molar-refractivity contribution in [1.29, 1.82) is 0 Å². The lowest BCUT2D eigenvalue weighted by molar-refractivity contribution is 0.578. The summed E-state index contributed by atoms with van der Waals surface area (Å²) in [6.45, 7) is 1.98. The van der Waals surface area contributed by atoms with E-state index in [4.69, 9.17) is 0 Å². The summed E-state index contributed by atoms with van der Waals surface area (Å²) in [6, 6.07) is 6.47. The molecule has 0 saturated carbocycles. The Morgan fingerprint density at radius 3 is 2.47 bits per heavy atom. The monoisotopic (exact) mass is 283 g/mol. The number of aromatic nitrogens is 2. The van der Waals surface area contributed by atoms with Gasteiger partial charge in [-0.1, -0.05) is 0 Å². The topological polar surface area (TPSA) is 64.0 Å². The number of benzene rings is 1. The fourth-order valence-electron chi connectivity index (χ4n) is 1.59. The molecular weight excluding hydrogens is 269 g/mol. The van der Waals surface area contributed by atoms with Crippen LogP contribution in [0.3, 0.4) is 0 Å². The number of nitrogens with one attached hydrogen (secondary N) is 1. The standard InChI is InChI=1S/C12H14FN3O2S/c1-9-7-11(15-16(9)2)8-14-19(17,18)12-5-3-10(13)4-6-12/h3-7,14H,8H2,1-2H3. The molecule has 0 radical (unpaired) electrons. The predicted molar refractivity (Wildman–Crippen MR) is 68.4 cm³/mol. The second kappa shape index (κ2) is 5.10. The Morgan fingerprint density at radius 2 is 1.95 bits per heavy atom. The summed E-state index contributed by atoms with van der Waals surface area (Å²) in [5.74, 6) is -0.473. The summed E-state index contributed by atoms with van der Waals surface area (Å²) < 4.78 is 40.7. The lowest BCUT2D eigenvalue weighted by atomic mass is 10.4. The van der Waals surface area contributed by atoms with Gasteiger partial charge in [0.2, 0.25) is 10.0 Å². The average molecular weight is 283 g/mol. The third kappa shape index (κ3) is 3.18. The Labute approximate surface area is 111 Å². The molecule has 0 aliphatic rings. The fourth-order valence-corrected chi connectivity index (χ4v) is 2.59. The van der Waals surface area contributed by atoms with Crippen LogP contribution in [0.25, 0.3) is 0 Å². The molecule has 1 heterocycles. The number of halogens is 1. The number of aryl methyl sites for hydroxylation is 2. The molecule has 0 saturated heterocycles. The Kier molecular flexibility index (Phi) is 3.68. The molecule has 1 aromatic heterocycles. The van der Waals surface area contributed by atoms with Gasteiger partial charge in [-0.3, -0.25) is 4.68 Å². The molecule has 0 amide bonds. The van der Waals surface area contributed by atoms with Crippen LogP contribution in [-0.4, -0.2) is 18.2 Å². The maximum atomic E-state index is 12.7. The third-order valence-corrected chi connectivity index (χ3v) is 4.15. The van der Waals surface area contributed by atoms with Gasteiger partial charge < -0.3 is 0 Å². The van der Waals surface area contributed by atoms with Gasteiger partial charge in [-0.05, 0) is 37.3 Å². The highest BCUT2D eigenvalue weighted by Crippen LogP contribution is 2.10. The summed E-state index contributed by atoms with van der Waals surface area (Å²) >= 11 is 0. The van der Waals surface area contributed by atoms with Gasteiger partial charge in [0.15, 0.2) is 0 Å². The van der Waals surface area contributed by atoms with Gasteiger partial charge in [-0.2, -0.15) is 5.10 Å². The first-order valence-electron chi connectivity index (χ1n) is 5.63. The van der Waals surface area contributed by atoms with Crippen LogP contribution in [0, 0.1) is 12.7 Å². The number of hydrogen-bond acceptors (Lipinski definition) is 3. The van der Waals surface area contributed by atoms with Crippen LogP contribution in [0.5, 0.6) is 0 Å². The van der Waals surface area contributed by atoms with Gasteiger partial charge in [-0.25, -0.2) is 17.5 Å². The van der Waals surface area contributed by atoms with Gasteiger partial charge in [-0.15, -0.1) is 0 Å². The van der Waals surface area contributed by atoms with Gasteiger partial charge in [0.25, 0.3) is 0 Å². The molecule has 2 aromatic rings. The minimum absolute atomic E-state index is 0.0292. The van der Waals surface area contributed by atoms with Gasteiger partial charge in [0.05, 0.1) is 17.1 Å². The maximum Gasteiger partial charge on any atom is 0.240 e. The van der Waals surface area contributed by atoms with Crippen LogP contribution < -0.4 is 4.72 Å². The van der Waals surface area contributed by atoms with Crippen molar-refractivity contribution in [2.45, 2.75) is 18.4 Å². The summed E-state index contributed by atoms with van der Waals surface area (Å²) in [4.78, 5) is 0.0292. The van der Waals surface area contributed by atoms with E-state index in [1.165, 1.54) is 12.1 Å². The van der Waals surface area contributed by atoms with Crippen LogP contribution in [0.4, 0.5) is 4.39 Å². The highest BCUT2D eigenvalue weighted by Gasteiger charge is 2.14. The summed E-state index contributed by atoms with van der Waals surface area (Å²) in [5, 5.41) is 4.15. The first-order chi connectivity index (χ1) is 8.88. The molecule has 0 unspecified atom stereocenters. The van der Waals surface area contributed by atoms with Crippen LogP contribution in [-0.2, 0) is 23.6 Å². The lowest BCUT2D eigenvalue weighted by Gasteiger charge is -2.04. The molecule has 1 aromatic carbocycles. The van der Waals surface area contributed by atoms with Crippen molar-refractivity contribution in [2.24, 2.45) is 7.05 Å². The average Bonchev–Trinajstić information content (AvgIpc) is 2.67. The summed E-state index contributed by atoms with van der Waals surface area (Å²) in [6.07, 6.45) is 0. The van der Waals surface area contributed by atoms with E-state index in [9.17, 15) is 12.8 Å². The zero-order valence-corrected chi connectivity index (χ0v) is 11.4. The van der Waals surface area contributed by atoms with E-state index >= 15 is 0 Å². The minimum Gasteiger partial charge on any atom is -0.273 e. The molecule has 1 N–H and O–H groups in total. The van der Waals surface area contributed by atoms with Crippen LogP contribution in [0.1, 0.15) is 11.4 Å². The largest absolute Gasteiger partial charge is 0.273 e. The molecule has 0 fully saturated rings. The fraction of sp³-hybridized carbons (Fsp3) is 0.250. The van der Waals surface area contributed by atoms with Crippen molar-refractivity contribution in [3.8, 4) is 0 Å². The lowest BCUT2D eigenvalue weighted by Crippen LogP contribution is -2.23. The van der Waals surface area contributed by atoms with E-state index in [0.29, 0.717) is 5.69 Å². The van der Waals surface area contributed by atoms with E-state index in [1.54, 1.807) is 17.8 Å². The van der Waals surface area contributed by atoms with Crippen molar-refractivity contribution in [2.75, 3.05) is 0 Å². The zero-order valence-electron chi connectivity index (χ0n) is 10.6. The van der Waals surface area contributed by atoms with Crippen molar-refractivity contribution in [1.82, 2.24) is 14.5 Å². The summed E-state index contributed by atoms with van der Waals surface area (Å²) in [7, 11) is -1.86. The maximum absolute atomic E-state index is 12.7. The second-order valence-corrected chi connectivity index (χ2v) is 5.95. The molecule has 0 aliphatic carbocycles. The Morgan fingerprint density at radius 1 is 1.32 bits per heavy atom. The zero-order chi connectivity index (χ0) is 14.0. The van der Waals surface area contributed by atoms with Crippen molar-refractivity contribution in [3.63, 3.8) is 0 Å². The first-order valence-corrected chi connectivity index (χ1v) is 7.11. The van der Waals surface area contributed by atoms with Crippen LogP contribution in [0.2, 0.25) is 0 Å². The predicted octanol–water partition coefficient (Wildman–Crippen LogP) is 1.35. The van der Waals surface area contributed by atoms with E-state index in [-0.39, 0.29) is 11.4 Å². The van der Waals surface area contributed by atoms with E-state index < -0.39 is 15.8 Å². The highest BCUT2D eigenvalue weighted by atomic mass is 32.2. The molecular formula is C12H14FN3O2S. The van der Waals surface area contributed by atoms with Crippen molar-refractivity contribution in [3.05, 3.63) is 47.5 Å². The number of nitrogens with zero attached hydrogens (tertiary/aromatic N) is 2. The highest BCUT2D eigenvalue weighted by molar-refractivity contribution is 7.89.